The molecule has 1 amide bonds. The minimum atomic E-state index is -0.733. The molecule has 204 valence electrons. The third-order valence-electron chi connectivity index (χ3n) is 6.97. The van der Waals surface area contributed by atoms with Crippen molar-refractivity contribution in [2.75, 3.05) is 20.1 Å². The van der Waals surface area contributed by atoms with E-state index < -0.39 is 12.1 Å². The van der Waals surface area contributed by atoms with Crippen molar-refractivity contribution in [3.05, 3.63) is 53.2 Å². The first-order chi connectivity index (χ1) is 17.4. The molecule has 0 spiro atoms. The lowest BCUT2D eigenvalue weighted by Crippen LogP contribution is -2.49. The van der Waals surface area contributed by atoms with E-state index >= 15 is 0 Å². The molecule has 2 aromatic rings. The average molecular weight is 511 g/mol. The lowest BCUT2D eigenvalue weighted by atomic mass is 9.88. The number of benzene rings is 1. The fraction of sp³-hybridized carbons (Fsp3) is 0.633. The van der Waals surface area contributed by atoms with Crippen molar-refractivity contribution in [3.63, 3.8) is 0 Å². The van der Waals surface area contributed by atoms with Gasteiger partial charge in [-0.1, -0.05) is 65.0 Å². The number of hydrogen-bond acceptors (Lipinski definition) is 6. The van der Waals surface area contributed by atoms with Crippen LogP contribution in [0.4, 0.5) is 0 Å². The Kier molecular flexibility index (Phi) is 10.1. The molecule has 3 rings (SSSR count). The Morgan fingerprint density at radius 1 is 1.16 bits per heavy atom. The van der Waals surface area contributed by atoms with Gasteiger partial charge < -0.3 is 20.4 Å². The standard InChI is InChI=1S/C30H46N4O3/c1-20(2)18-25-27(37-29(33-25)22-14-16-34(6)17-15-22)26(35)24(13-12-21-10-8-7-9-11-21)32-28(36)23(31)19-30(3,4)5/h7-11,20,22-24H,12-19,31H2,1-6H3,(H,32,36). The van der Waals surface area contributed by atoms with Crippen LogP contribution in [0.25, 0.3) is 0 Å². The molecule has 1 aromatic heterocycles. The Morgan fingerprint density at radius 2 is 1.81 bits per heavy atom. The number of piperidine rings is 1. The van der Waals surface area contributed by atoms with Crippen LogP contribution in [-0.2, 0) is 17.6 Å². The maximum atomic E-state index is 14.0. The summed E-state index contributed by atoms with van der Waals surface area (Å²) in [5.41, 5.74) is 7.96. The van der Waals surface area contributed by atoms with Gasteiger partial charge in [0.25, 0.3) is 0 Å². The zero-order valence-electron chi connectivity index (χ0n) is 23.5. The SMILES string of the molecule is CC(C)Cc1nc(C2CCN(C)CC2)oc1C(=O)C(CCc1ccccc1)NC(=O)C(N)CC(C)(C)C. The molecule has 1 aliphatic heterocycles. The lowest BCUT2D eigenvalue weighted by molar-refractivity contribution is -0.123. The molecule has 2 atom stereocenters. The van der Waals surface area contributed by atoms with Gasteiger partial charge in [-0.25, -0.2) is 4.98 Å². The minimum Gasteiger partial charge on any atom is -0.437 e. The summed E-state index contributed by atoms with van der Waals surface area (Å²) in [6, 6.07) is 8.58. The second kappa shape index (κ2) is 12.8. The van der Waals surface area contributed by atoms with Gasteiger partial charge in [-0.2, -0.15) is 0 Å². The molecular weight excluding hydrogens is 464 g/mol. The zero-order chi connectivity index (χ0) is 27.2. The first-order valence-electron chi connectivity index (χ1n) is 13.7. The molecule has 3 N–H and O–H groups in total. The summed E-state index contributed by atoms with van der Waals surface area (Å²) in [6.07, 6.45) is 4.21. The summed E-state index contributed by atoms with van der Waals surface area (Å²) in [7, 11) is 2.12. The number of oxazole rings is 1. The topological polar surface area (TPSA) is 101 Å². The van der Waals surface area contributed by atoms with Crippen LogP contribution in [-0.4, -0.2) is 53.8 Å². The molecule has 37 heavy (non-hydrogen) atoms. The predicted octanol–water partition coefficient (Wildman–Crippen LogP) is 4.75. The van der Waals surface area contributed by atoms with Gasteiger partial charge in [0.05, 0.1) is 17.8 Å². The molecule has 1 aliphatic rings. The van der Waals surface area contributed by atoms with Crippen molar-refractivity contribution in [1.29, 1.82) is 0 Å². The molecule has 2 heterocycles. The number of hydrogen-bond donors (Lipinski definition) is 2. The van der Waals surface area contributed by atoms with Gasteiger partial charge in [0.15, 0.2) is 11.7 Å². The first kappa shape index (κ1) is 29.1. The van der Waals surface area contributed by atoms with Crippen LogP contribution >= 0.6 is 0 Å². The van der Waals surface area contributed by atoms with Crippen molar-refractivity contribution in [2.45, 2.75) is 91.1 Å². The van der Waals surface area contributed by atoms with Gasteiger partial charge in [-0.3, -0.25) is 9.59 Å². The highest BCUT2D eigenvalue weighted by atomic mass is 16.4. The van der Waals surface area contributed by atoms with E-state index in [0.717, 1.165) is 31.5 Å². The number of nitrogens with two attached hydrogens (primary N) is 1. The fourth-order valence-electron chi connectivity index (χ4n) is 4.93. The normalized spacial score (nSPS) is 17.1. The van der Waals surface area contributed by atoms with E-state index in [-0.39, 0.29) is 23.0 Å². The van der Waals surface area contributed by atoms with E-state index in [1.165, 1.54) is 0 Å². The van der Waals surface area contributed by atoms with Crippen LogP contribution in [0.5, 0.6) is 0 Å². The number of carbonyl (C=O) groups excluding carboxylic acids is 2. The average Bonchev–Trinajstić information content (AvgIpc) is 3.24. The number of ketones is 1. The van der Waals surface area contributed by atoms with Crippen LogP contribution in [0.3, 0.4) is 0 Å². The van der Waals surface area contributed by atoms with Gasteiger partial charge in [-0.05, 0) is 75.6 Å². The molecule has 7 nitrogen and oxygen atoms in total. The van der Waals surface area contributed by atoms with E-state index in [1.807, 2.05) is 30.3 Å². The summed E-state index contributed by atoms with van der Waals surface area (Å²) in [5, 5.41) is 2.98. The summed E-state index contributed by atoms with van der Waals surface area (Å²) >= 11 is 0. The second-order valence-corrected chi connectivity index (χ2v) is 12.3. The van der Waals surface area contributed by atoms with Crippen LogP contribution in [0.15, 0.2) is 34.7 Å². The Hall–Kier alpha value is -2.51. The monoisotopic (exact) mass is 510 g/mol. The molecule has 7 heteroatoms. The number of Topliss-reactive ketones (excluding diaryl/α,β-unsaturated/α-hetero) is 1. The van der Waals surface area contributed by atoms with E-state index in [9.17, 15) is 9.59 Å². The Labute approximate surface area is 222 Å². The zero-order valence-corrected chi connectivity index (χ0v) is 23.5. The van der Waals surface area contributed by atoms with Crippen molar-refractivity contribution >= 4 is 11.7 Å². The quantitative estimate of drug-likeness (QED) is 0.423. The number of carbonyl (C=O) groups is 2. The summed E-state index contributed by atoms with van der Waals surface area (Å²) < 4.78 is 6.25. The van der Waals surface area contributed by atoms with Crippen molar-refractivity contribution in [1.82, 2.24) is 15.2 Å². The van der Waals surface area contributed by atoms with Crippen LogP contribution in [0.2, 0.25) is 0 Å². The lowest BCUT2D eigenvalue weighted by Gasteiger charge is -2.26. The number of nitrogens with zero attached hydrogens (tertiary/aromatic N) is 2. The number of nitrogens with one attached hydrogen (secondary N) is 1. The van der Waals surface area contributed by atoms with Gasteiger partial charge >= 0.3 is 0 Å². The van der Waals surface area contributed by atoms with Crippen LogP contribution in [0.1, 0.15) is 93.9 Å². The first-order valence-corrected chi connectivity index (χ1v) is 13.7. The van der Waals surface area contributed by atoms with E-state index in [1.54, 1.807) is 0 Å². The molecular formula is C30H46N4O3. The summed E-state index contributed by atoms with van der Waals surface area (Å²) in [6.45, 7) is 12.3. The highest BCUT2D eigenvalue weighted by Gasteiger charge is 2.33. The number of aryl methyl sites for hydroxylation is 1. The largest absolute Gasteiger partial charge is 0.437 e. The van der Waals surface area contributed by atoms with Crippen LogP contribution in [0, 0.1) is 11.3 Å². The second-order valence-electron chi connectivity index (χ2n) is 12.3. The maximum Gasteiger partial charge on any atom is 0.237 e. The van der Waals surface area contributed by atoms with E-state index in [0.29, 0.717) is 48.9 Å². The van der Waals surface area contributed by atoms with Gasteiger partial charge in [0, 0.05) is 5.92 Å². The van der Waals surface area contributed by atoms with Crippen LogP contribution < -0.4 is 11.1 Å². The third-order valence-corrected chi connectivity index (χ3v) is 6.97. The number of rotatable bonds is 11. The molecule has 2 unspecified atom stereocenters. The Bertz CT molecular complexity index is 1020. The molecule has 1 fully saturated rings. The molecule has 0 radical (unpaired) electrons. The molecule has 1 aromatic carbocycles. The molecule has 1 saturated heterocycles. The molecule has 0 aliphatic carbocycles. The smallest absolute Gasteiger partial charge is 0.237 e. The third kappa shape index (κ3) is 8.78. The van der Waals surface area contributed by atoms with Gasteiger partial charge in [0.2, 0.25) is 11.7 Å². The Morgan fingerprint density at radius 3 is 2.41 bits per heavy atom. The maximum absolute atomic E-state index is 14.0. The van der Waals surface area contributed by atoms with Gasteiger partial charge in [0.1, 0.15) is 0 Å². The number of amides is 1. The van der Waals surface area contributed by atoms with Gasteiger partial charge in [-0.15, -0.1) is 0 Å². The predicted molar refractivity (Wildman–Crippen MR) is 148 cm³/mol. The highest BCUT2D eigenvalue weighted by Crippen LogP contribution is 2.30. The van der Waals surface area contributed by atoms with Crippen molar-refractivity contribution in [3.8, 4) is 0 Å². The van der Waals surface area contributed by atoms with Crippen molar-refractivity contribution < 1.29 is 14.0 Å². The van der Waals surface area contributed by atoms with E-state index in [2.05, 4.69) is 51.9 Å². The minimum absolute atomic E-state index is 0.0986. The molecule has 0 saturated carbocycles. The summed E-state index contributed by atoms with van der Waals surface area (Å²) in [5.74, 6) is 0.965. The highest BCUT2D eigenvalue weighted by molar-refractivity contribution is 6.01. The number of likely N-dealkylation sites (tertiary alicyclic amines) is 1. The summed E-state index contributed by atoms with van der Waals surface area (Å²) in [4.78, 5) is 34.2. The Balaban J connectivity index is 1.86. The van der Waals surface area contributed by atoms with Crippen molar-refractivity contribution in [2.24, 2.45) is 17.1 Å². The fourth-order valence-corrected chi connectivity index (χ4v) is 4.93. The number of aromatic nitrogens is 1. The van der Waals surface area contributed by atoms with E-state index in [4.69, 9.17) is 15.1 Å². The molecule has 0 bridgehead atoms.